The lowest BCUT2D eigenvalue weighted by atomic mass is 9.78. The van der Waals surface area contributed by atoms with Crippen molar-refractivity contribution >= 4 is 27.6 Å². The summed E-state index contributed by atoms with van der Waals surface area (Å²) in [7, 11) is 0. The van der Waals surface area contributed by atoms with E-state index in [2.05, 4.69) is 21.2 Å². The van der Waals surface area contributed by atoms with Crippen LogP contribution in [0.4, 0.5) is 5.69 Å². The highest BCUT2D eigenvalue weighted by Gasteiger charge is 2.66. The van der Waals surface area contributed by atoms with E-state index in [-0.39, 0.29) is 22.5 Å². The minimum Gasteiger partial charge on any atom is -0.508 e. The molecule has 2 bridgehead atoms. The maximum absolute atomic E-state index is 13.0. The maximum atomic E-state index is 13.0. The van der Waals surface area contributed by atoms with Crippen LogP contribution in [0.2, 0.25) is 0 Å². The van der Waals surface area contributed by atoms with Gasteiger partial charge in [-0.3, -0.25) is 0 Å². The molecule has 30 heavy (non-hydrogen) atoms. The molecule has 0 saturated heterocycles. The molecule has 0 radical (unpaired) electrons. The third-order valence-corrected chi connectivity index (χ3v) is 7.53. The van der Waals surface area contributed by atoms with E-state index in [0.29, 0.717) is 36.6 Å². The minimum atomic E-state index is -0.924. The van der Waals surface area contributed by atoms with Gasteiger partial charge in [0.2, 0.25) is 0 Å². The Kier molecular flexibility index (Phi) is 5.22. The Morgan fingerprint density at radius 2 is 1.93 bits per heavy atom. The van der Waals surface area contributed by atoms with Gasteiger partial charge >= 0.3 is 5.97 Å². The van der Waals surface area contributed by atoms with Crippen molar-refractivity contribution in [3.05, 3.63) is 52.0 Å². The first kappa shape index (κ1) is 21.0. The summed E-state index contributed by atoms with van der Waals surface area (Å²) in [5.41, 5.74) is 0.102. The van der Waals surface area contributed by atoms with Crippen molar-refractivity contribution in [2.75, 3.05) is 5.32 Å². The van der Waals surface area contributed by atoms with Crippen LogP contribution in [0.15, 0.2) is 40.9 Å². The lowest BCUT2D eigenvalue weighted by Crippen LogP contribution is -2.49. The molecular formula is C23H26BrNO5. The number of anilines is 1. The molecule has 3 atom stereocenters. The molecule has 0 heterocycles. The third-order valence-electron chi connectivity index (χ3n) is 7.04. The Balaban J connectivity index is 1.53. The van der Waals surface area contributed by atoms with Crippen LogP contribution in [0.5, 0.6) is 11.5 Å². The molecule has 7 heteroatoms. The lowest BCUT2D eigenvalue weighted by Gasteiger charge is -2.39. The molecule has 2 aliphatic carbocycles. The van der Waals surface area contributed by atoms with Gasteiger partial charge < -0.3 is 25.4 Å². The molecule has 2 saturated carbocycles. The zero-order chi connectivity index (χ0) is 21.7. The Bertz CT molecular complexity index is 992. The molecule has 0 aromatic heterocycles. The quantitative estimate of drug-likeness (QED) is 0.373. The number of aliphatic hydroxyl groups is 1. The second-order valence-corrected chi connectivity index (χ2v) is 9.76. The van der Waals surface area contributed by atoms with Crippen LogP contribution in [0.3, 0.4) is 0 Å². The van der Waals surface area contributed by atoms with E-state index in [1.807, 2.05) is 13.8 Å². The average Bonchev–Trinajstić information content (AvgIpc) is 3.04. The summed E-state index contributed by atoms with van der Waals surface area (Å²) < 4.78 is 6.76. The number of hydrogen-bond donors (Lipinski definition) is 4. The van der Waals surface area contributed by atoms with E-state index in [1.54, 1.807) is 24.3 Å². The SMILES string of the molecule is CC1(C)C2CCC1(OC(=O)c1cc(NCc3cc(Br)ccc3O)ccc1O)C(O)C2. The highest BCUT2D eigenvalue weighted by Crippen LogP contribution is 2.62. The van der Waals surface area contributed by atoms with Crippen molar-refractivity contribution in [3.8, 4) is 11.5 Å². The van der Waals surface area contributed by atoms with E-state index >= 15 is 0 Å². The molecule has 2 aromatic carbocycles. The van der Waals surface area contributed by atoms with E-state index in [9.17, 15) is 20.1 Å². The van der Waals surface area contributed by atoms with Crippen LogP contribution in [-0.4, -0.2) is 33.0 Å². The maximum Gasteiger partial charge on any atom is 0.342 e. The van der Waals surface area contributed by atoms with Crippen molar-refractivity contribution in [3.63, 3.8) is 0 Å². The fraction of sp³-hybridized carbons (Fsp3) is 0.435. The fourth-order valence-corrected chi connectivity index (χ4v) is 5.47. The number of benzene rings is 2. The molecule has 4 rings (SSSR count). The number of hydrogen-bond acceptors (Lipinski definition) is 6. The molecule has 6 nitrogen and oxygen atoms in total. The summed E-state index contributed by atoms with van der Waals surface area (Å²) in [6.45, 7) is 4.41. The zero-order valence-electron chi connectivity index (χ0n) is 17.0. The fourth-order valence-electron chi connectivity index (χ4n) is 5.06. The van der Waals surface area contributed by atoms with Gasteiger partial charge in [0.1, 0.15) is 22.7 Å². The molecule has 2 aromatic rings. The zero-order valence-corrected chi connectivity index (χ0v) is 18.6. The Morgan fingerprint density at radius 3 is 2.60 bits per heavy atom. The van der Waals surface area contributed by atoms with Crippen LogP contribution in [0.25, 0.3) is 0 Å². The van der Waals surface area contributed by atoms with E-state index in [4.69, 9.17) is 4.74 Å². The highest BCUT2D eigenvalue weighted by atomic mass is 79.9. The van der Waals surface area contributed by atoms with Gasteiger partial charge in [-0.25, -0.2) is 4.79 Å². The molecule has 4 N–H and O–H groups in total. The van der Waals surface area contributed by atoms with E-state index in [0.717, 1.165) is 10.9 Å². The van der Waals surface area contributed by atoms with E-state index < -0.39 is 17.7 Å². The summed E-state index contributed by atoms with van der Waals surface area (Å²) in [5.74, 6) is -0.334. The number of phenolic OH excluding ortho intramolecular Hbond substituents is 2. The van der Waals surface area contributed by atoms with Gasteiger partial charge in [0.05, 0.1) is 6.10 Å². The van der Waals surface area contributed by atoms with Gasteiger partial charge in [-0.15, -0.1) is 0 Å². The third kappa shape index (κ3) is 3.34. The highest BCUT2D eigenvalue weighted by molar-refractivity contribution is 9.10. The summed E-state index contributed by atoms with van der Waals surface area (Å²) in [5, 5.41) is 34.0. The monoisotopic (exact) mass is 475 g/mol. The molecule has 0 amide bonds. The first-order valence-electron chi connectivity index (χ1n) is 10.1. The summed E-state index contributed by atoms with van der Waals surface area (Å²) >= 11 is 3.38. The van der Waals surface area contributed by atoms with Crippen LogP contribution in [0, 0.1) is 11.3 Å². The van der Waals surface area contributed by atoms with Gasteiger partial charge in [-0.05, 0) is 61.6 Å². The predicted molar refractivity (Wildman–Crippen MR) is 117 cm³/mol. The standard InChI is InChI=1S/C23H26BrNO5/c1-22(2)14-7-8-23(22,20(28)10-14)30-21(29)17-11-16(4-6-19(17)27)25-12-13-9-15(24)3-5-18(13)26/h3-6,9,11,14,20,25-28H,7-8,10,12H2,1-2H3. The molecule has 0 spiro atoms. The second kappa shape index (κ2) is 7.46. The van der Waals surface area contributed by atoms with Crippen LogP contribution >= 0.6 is 15.9 Å². The van der Waals surface area contributed by atoms with Crippen molar-refractivity contribution in [1.29, 1.82) is 0 Å². The summed E-state index contributed by atoms with van der Waals surface area (Å²) in [6, 6.07) is 9.77. The number of rotatable bonds is 5. The Morgan fingerprint density at radius 1 is 1.20 bits per heavy atom. The first-order chi connectivity index (χ1) is 14.1. The number of halogens is 1. The van der Waals surface area contributed by atoms with Gasteiger partial charge in [0, 0.05) is 27.7 Å². The number of aliphatic hydroxyl groups excluding tert-OH is 1. The lowest BCUT2D eigenvalue weighted by molar-refractivity contribution is -0.114. The van der Waals surface area contributed by atoms with Crippen LogP contribution in [-0.2, 0) is 11.3 Å². The van der Waals surface area contributed by atoms with E-state index in [1.165, 1.54) is 12.1 Å². The number of aromatic hydroxyl groups is 2. The van der Waals surface area contributed by atoms with Gasteiger partial charge in [0.15, 0.2) is 0 Å². The van der Waals surface area contributed by atoms with Crippen molar-refractivity contribution in [2.45, 2.75) is 51.4 Å². The number of nitrogens with one attached hydrogen (secondary N) is 1. The van der Waals surface area contributed by atoms with Gasteiger partial charge in [-0.1, -0.05) is 29.8 Å². The number of phenols is 2. The minimum absolute atomic E-state index is 0.0474. The van der Waals surface area contributed by atoms with Crippen molar-refractivity contribution < 1.29 is 24.9 Å². The van der Waals surface area contributed by atoms with Crippen molar-refractivity contribution in [2.24, 2.45) is 11.3 Å². The van der Waals surface area contributed by atoms with Crippen molar-refractivity contribution in [1.82, 2.24) is 0 Å². The number of carbonyl (C=O) groups excluding carboxylic acids is 1. The molecule has 0 aliphatic heterocycles. The number of esters is 1. The molecule has 3 unspecified atom stereocenters. The number of fused-ring (bicyclic) bond motifs is 2. The molecule has 2 fully saturated rings. The average molecular weight is 476 g/mol. The van der Waals surface area contributed by atoms with Gasteiger partial charge in [-0.2, -0.15) is 0 Å². The Labute approximate surface area is 184 Å². The molecule has 2 aliphatic rings. The second-order valence-electron chi connectivity index (χ2n) is 8.85. The number of ether oxygens (including phenoxy) is 1. The van der Waals surface area contributed by atoms with Crippen LogP contribution < -0.4 is 5.32 Å². The molecular weight excluding hydrogens is 450 g/mol. The van der Waals surface area contributed by atoms with Gasteiger partial charge in [0.25, 0.3) is 0 Å². The summed E-state index contributed by atoms with van der Waals surface area (Å²) in [4.78, 5) is 13.0. The first-order valence-corrected chi connectivity index (χ1v) is 10.9. The summed E-state index contributed by atoms with van der Waals surface area (Å²) in [6.07, 6.45) is 1.47. The predicted octanol–water partition coefficient (Wildman–Crippen LogP) is 4.57. The Hall–Kier alpha value is -2.25. The van der Waals surface area contributed by atoms with Crippen LogP contribution in [0.1, 0.15) is 49.0 Å². The largest absolute Gasteiger partial charge is 0.508 e. The molecule has 160 valence electrons. The normalized spacial score (nSPS) is 26.5. The number of carbonyl (C=O) groups is 1. The smallest absolute Gasteiger partial charge is 0.342 e. The topological polar surface area (TPSA) is 99.0 Å².